The van der Waals surface area contributed by atoms with E-state index >= 15 is 0 Å². The first-order valence-electron chi connectivity index (χ1n) is 5.87. The Hall–Kier alpha value is -1.09. The third kappa shape index (κ3) is 2.35. The molecule has 0 spiro atoms. The van der Waals surface area contributed by atoms with Gasteiger partial charge in [-0.1, -0.05) is 20.8 Å². The number of rotatable bonds is 1. The van der Waals surface area contributed by atoms with E-state index in [1.54, 1.807) is 0 Å². The lowest BCUT2D eigenvalue weighted by atomic mass is 9.90. The average molecular weight is 220 g/mol. The summed E-state index contributed by atoms with van der Waals surface area (Å²) in [6, 6.07) is 4.18. The van der Waals surface area contributed by atoms with Gasteiger partial charge in [0.15, 0.2) is 0 Å². The SMILES string of the molecule is CC(C)(C)c1ncccc1N1CCOCC1. The van der Waals surface area contributed by atoms with Crippen LogP contribution in [0.25, 0.3) is 0 Å². The van der Waals surface area contributed by atoms with Gasteiger partial charge in [0.25, 0.3) is 0 Å². The zero-order valence-electron chi connectivity index (χ0n) is 10.4. The quantitative estimate of drug-likeness (QED) is 0.725. The molecule has 0 aliphatic carbocycles. The van der Waals surface area contributed by atoms with Crippen molar-refractivity contribution in [3.63, 3.8) is 0 Å². The van der Waals surface area contributed by atoms with Gasteiger partial charge in [-0.05, 0) is 12.1 Å². The van der Waals surface area contributed by atoms with E-state index < -0.39 is 0 Å². The number of morpholine rings is 1. The Balaban J connectivity index is 2.32. The highest BCUT2D eigenvalue weighted by molar-refractivity contribution is 5.53. The maximum atomic E-state index is 5.38. The number of pyridine rings is 1. The van der Waals surface area contributed by atoms with Crippen LogP contribution in [0, 0.1) is 0 Å². The summed E-state index contributed by atoms with van der Waals surface area (Å²) in [4.78, 5) is 6.91. The molecule has 3 heteroatoms. The van der Waals surface area contributed by atoms with Gasteiger partial charge in [-0.25, -0.2) is 0 Å². The summed E-state index contributed by atoms with van der Waals surface area (Å²) in [7, 11) is 0. The van der Waals surface area contributed by atoms with Crippen LogP contribution < -0.4 is 4.90 Å². The molecule has 16 heavy (non-hydrogen) atoms. The first-order valence-corrected chi connectivity index (χ1v) is 5.87. The van der Waals surface area contributed by atoms with Gasteiger partial charge in [0, 0.05) is 24.7 Å². The van der Waals surface area contributed by atoms with Crippen LogP contribution in [0.1, 0.15) is 26.5 Å². The molecule has 1 saturated heterocycles. The van der Waals surface area contributed by atoms with Gasteiger partial charge in [-0.2, -0.15) is 0 Å². The highest BCUT2D eigenvalue weighted by Gasteiger charge is 2.23. The first kappa shape index (κ1) is 11.4. The van der Waals surface area contributed by atoms with Crippen molar-refractivity contribution >= 4 is 5.69 Å². The molecule has 1 aromatic heterocycles. The molecule has 1 fully saturated rings. The lowest BCUT2D eigenvalue weighted by Crippen LogP contribution is -2.37. The second-order valence-electron chi connectivity index (χ2n) is 5.22. The van der Waals surface area contributed by atoms with E-state index in [0.29, 0.717) is 0 Å². The van der Waals surface area contributed by atoms with Gasteiger partial charge < -0.3 is 9.64 Å². The van der Waals surface area contributed by atoms with Crippen molar-refractivity contribution in [3.8, 4) is 0 Å². The predicted molar refractivity (Wildman–Crippen MR) is 66.0 cm³/mol. The third-order valence-electron chi connectivity index (χ3n) is 2.85. The molecule has 0 aromatic carbocycles. The van der Waals surface area contributed by atoms with E-state index in [1.165, 1.54) is 11.4 Å². The normalized spacial score (nSPS) is 17.6. The minimum atomic E-state index is 0.0922. The number of anilines is 1. The minimum absolute atomic E-state index is 0.0922. The Bertz CT molecular complexity index is 351. The van der Waals surface area contributed by atoms with Gasteiger partial charge in [-0.15, -0.1) is 0 Å². The molecule has 0 atom stereocenters. The van der Waals surface area contributed by atoms with Crippen molar-refractivity contribution in [2.24, 2.45) is 0 Å². The minimum Gasteiger partial charge on any atom is -0.378 e. The predicted octanol–water partition coefficient (Wildman–Crippen LogP) is 2.22. The van der Waals surface area contributed by atoms with Crippen LogP contribution in [0.5, 0.6) is 0 Å². The number of hydrogen-bond donors (Lipinski definition) is 0. The van der Waals surface area contributed by atoms with Crippen molar-refractivity contribution in [1.82, 2.24) is 4.98 Å². The van der Waals surface area contributed by atoms with Gasteiger partial charge in [0.2, 0.25) is 0 Å². The summed E-state index contributed by atoms with van der Waals surface area (Å²) in [6.07, 6.45) is 1.88. The van der Waals surface area contributed by atoms with Crippen LogP contribution in [0.2, 0.25) is 0 Å². The summed E-state index contributed by atoms with van der Waals surface area (Å²) >= 11 is 0. The van der Waals surface area contributed by atoms with E-state index in [2.05, 4.69) is 36.7 Å². The monoisotopic (exact) mass is 220 g/mol. The Labute approximate surface area is 97.4 Å². The number of ether oxygens (including phenoxy) is 1. The van der Waals surface area contributed by atoms with Crippen molar-refractivity contribution in [2.45, 2.75) is 26.2 Å². The number of hydrogen-bond acceptors (Lipinski definition) is 3. The Morgan fingerprint density at radius 2 is 1.94 bits per heavy atom. The lowest BCUT2D eigenvalue weighted by molar-refractivity contribution is 0.122. The zero-order valence-corrected chi connectivity index (χ0v) is 10.4. The molecule has 3 nitrogen and oxygen atoms in total. The van der Waals surface area contributed by atoms with Crippen molar-refractivity contribution < 1.29 is 4.74 Å². The standard InChI is InChI=1S/C13H20N2O/c1-13(2,3)12-11(5-4-6-14-12)15-7-9-16-10-8-15/h4-6H,7-10H2,1-3H3. The highest BCUT2D eigenvalue weighted by atomic mass is 16.5. The Kier molecular flexibility index (Phi) is 3.15. The molecule has 2 rings (SSSR count). The van der Waals surface area contributed by atoms with E-state index in [-0.39, 0.29) is 5.41 Å². The second-order valence-corrected chi connectivity index (χ2v) is 5.22. The van der Waals surface area contributed by atoms with Crippen LogP contribution >= 0.6 is 0 Å². The first-order chi connectivity index (χ1) is 7.59. The van der Waals surface area contributed by atoms with E-state index in [1.807, 2.05) is 12.3 Å². The van der Waals surface area contributed by atoms with Crippen molar-refractivity contribution in [2.75, 3.05) is 31.2 Å². The summed E-state index contributed by atoms with van der Waals surface area (Å²) < 4.78 is 5.38. The molecular weight excluding hydrogens is 200 g/mol. The van der Waals surface area contributed by atoms with Crippen LogP contribution in [0.4, 0.5) is 5.69 Å². The number of nitrogens with zero attached hydrogens (tertiary/aromatic N) is 2. The molecule has 0 amide bonds. The van der Waals surface area contributed by atoms with E-state index in [4.69, 9.17) is 4.74 Å². The van der Waals surface area contributed by atoms with Crippen molar-refractivity contribution in [3.05, 3.63) is 24.0 Å². The summed E-state index contributed by atoms with van der Waals surface area (Å²) in [5, 5.41) is 0. The van der Waals surface area contributed by atoms with E-state index in [0.717, 1.165) is 26.3 Å². The summed E-state index contributed by atoms with van der Waals surface area (Å²) in [6.45, 7) is 10.2. The lowest BCUT2D eigenvalue weighted by Gasteiger charge is -2.33. The van der Waals surface area contributed by atoms with Gasteiger partial charge in [0.05, 0.1) is 24.6 Å². The molecule has 0 saturated carbocycles. The largest absolute Gasteiger partial charge is 0.378 e. The number of aromatic nitrogens is 1. The van der Waals surface area contributed by atoms with Crippen LogP contribution in [-0.4, -0.2) is 31.3 Å². The molecule has 1 aliphatic heterocycles. The fourth-order valence-electron chi connectivity index (χ4n) is 2.03. The molecule has 0 bridgehead atoms. The maximum Gasteiger partial charge on any atom is 0.0690 e. The Morgan fingerprint density at radius 1 is 1.25 bits per heavy atom. The molecule has 2 heterocycles. The van der Waals surface area contributed by atoms with Crippen LogP contribution in [0.3, 0.4) is 0 Å². The topological polar surface area (TPSA) is 25.4 Å². The highest BCUT2D eigenvalue weighted by Crippen LogP contribution is 2.30. The Morgan fingerprint density at radius 3 is 2.56 bits per heavy atom. The molecule has 0 radical (unpaired) electrons. The fourth-order valence-corrected chi connectivity index (χ4v) is 2.03. The van der Waals surface area contributed by atoms with Crippen LogP contribution in [-0.2, 0) is 10.2 Å². The molecule has 88 valence electrons. The van der Waals surface area contributed by atoms with Crippen molar-refractivity contribution in [1.29, 1.82) is 0 Å². The molecule has 0 unspecified atom stereocenters. The molecule has 1 aromatic rings. The van der Waals surface area contributed by atoms with Gasteiger partial charge in [-0.3, -0.25) is 4.98 Å². The van der Waals surface area contributed by atoms with Gasteiger partial charge >= 0.3 is 0 Å². The van der Waals surface area contributed by atoms with Gasteiger partial charge in [0.1, 0.15) is 0 Å². The average Bonchev–Trinajstić information content (AvgIpc) is 2.29. The van der Waals surface area contributed by atoms with E-state index in [9.17, 15) is 0 Å². The maximum absolute atomic E-state index is 5.38. The second kappa shape index (κ2) is 4.42. The smallest absolute Gasteiger partial charge is 0.0690 e. The zero-order chi connectivity index (χ0) is 11.6. The summed E-state index contributed by atoms with van der Waals surface area (Å²) in [5.41, 5.74) is 2.53. The molecule has 0 N–H and O–H groups in total. The summed E-state index contributed by atoms with van der Waals surface area (Å²) in [5.74, 6) is 0. The molecular formula is C13H20N2O. The fraction of sp³-hybridized carbons (Fsp3) is 0.615. The van der Waals surface area contributed by atoms with Crippen LogP contribution in [0.15, 0.2) is 18.3 Å². The molecule has 1 aliphatic rings. The third-order valence-corrected chi connectivity index (χ3v) is 2.85.